The van der Waals surface area contributed by atoms with E-state index in [1.165, 1.54) is 0 Å². The summed E-state index contributed by atoms with van der Waals surface area (Å²) in [4.78, 5) is 4.19. The van der Waals surface area contributed by atoms with Crippen LogP contribution in [0.15, 0.2) is 23.4 Å². The van der Waals surface area contributed by atoms with E-state index in [4.69, 9.17) is 0 Å². The van der Waals surface area contributed by atoms with E-state index in [1.54, 1.807) is 6.20 Å². The average molecular weight is 210 g/mol. The van der Waals surface area contributed by atoms with E-state index in [0.717, 1.165) is 25.1 Å². The fourth-order valence-corrected chi connectivity index (χ4v) is 2.86. The zero-order valence-electron chi connectivity index (χ0n) is 8.19. The highest BCUT2D eigenvalue weighted by Crippen LogP contribution is 2.14. The van der Waals surface area contributed by atoms with Crippen LogP contribution in [0.25, 0.3) is 0 Å². The monoisotopic (exact) mass is 210 g/mol. The Morgan fingerprint density at radius 2 is 2.43 bits per heavy atom. The Kier molecular flexibility index (Phi) is 2.93. The maximum absolute atomic E-state index is 12.0. The molecule has 3 nitrogen and oxygen atoms in total. The van der Waals surface area contributed by atoms with Gasteiger partial charge in [0.25, 0.3) is 0 Å². The number of aryl methyl sites for hydroxylation is 1. The summed E-state index contributed by atoms with van der Waals surface area (Å²) in [5.41, 5.74) is 1.11. The van der Waals surface area contributed by atoms with Gasteiger partial charge in [0.15, 0.2) is 0 Å². The lowest BCUT2D eigenvalue weighted by atomic mass is 10.3. The molecule has 0 amide bonds. The lowest BCUT2D eigenvalue weighted by molar-refractivity contribution is 0.669. The summed E-state index contributed by atoms with van der Waals surface area (Å²) in [7, 11) is -0.941. The quantitative estimate of drug-likeness (QED) is 0.787. The van der Waals surface area contributed by atoms with Crippen LogP contribution in [-0.4, -0.2) is 27.5 Å². The van der Waals surface area contributed by atoms with Crippen molar-refractivity contribution in [3.8, 4) is 0 Å². The molecule has 0 radical (unpaired) electrons. The topological polar surface area (TPSA) is 42.0 Å². The molecule has 4 heteroatoms. The maximum atomic E-state index is 12.0. The summed E-state index contributed by atoms with van der Waals surface area (Å²) in [6.07, 6.45) is 2.76. The molecule has 0 saturated carbocycles. The number of rotatable bonds is 2. The third kappa shape index (κ3) is 2.01. The van der Waals surface area contributed by atoms with Gasteiger partial charge < -0.3 is 5.32 Å². The molecular weight excluding hydrogens is 196 g/mol. The van der Waals surface area contributed by atoms with Crippen molar-refractivity contribution in [2.75, 3.05) is 13.1 Å². The van der Waals surface area contributed by atoms with Gasteiger partial charge in [0.1, 0.15) is 5.03 Å². The van der Waals surface area contributed by atoms with E-state index in [9.17, 15) is 4.21 Å². The molecule has 2 rings (SSSR count). The second-order valence-electron chi connectivity index (χ2n) is 3.59. The van der Waals surface area contributed by atoms with Crippen LogP contribution in [0.5, 0.6) is 0 Å². The van der Waals surface area contributed by atoms with Crippen LogP contribution in [0.3, 0.4) is 0 Å². The number of nitrogens with one attached hydrogen (secondary N) is 1. The van der Waals surface area contributed by atoms with Gasteiger partial charge in [0, 0.05) is 12.7 Å². The number of pyridine rings is 1. The Morgan fingerprint density at radius 3 is 3.00 bits per heavy atom. The number of nitrogens with zero attached hydrogens (tertiary/aromatic N) is 1. The Hall–Kier alpha value is -0.740. The largest absolute Gasteiger partial charge is 0.315 e. The van der Waals surface area contributed by atoms with Crippen LogP contribution in [0.1, 0.15) is 12.0 Å². The van der Waals surface area contributed by atoms with E-state index >= 15 is 0 Å². The first kappa shape index (κ1) is 9.80. The minimum absolute atomic E-state index is 0.241. The van der Waals surface area contributed by atoms with E-state index < -0.39 is 10.8 Å². The van der Waals surface area contributed by atoms with Crippen LogP contribution in [-0.2, 0) is 10.8 Å². The molecule has 1 aliphatic heterocycles. The molecule has 76 valence electrons. The van der Waals surface area contributed by atoms with Crippen molar-refractivity contribution in [3.05, 3.63) is 23.9 Å². The summed E-state index contributed by atoms with van der Waals surface area (Å²) >= 11 is 0. The van der Waals surface area contributed by atoms with Crippen LogP contribution in [0, 0.1) is 6.92 Å². The molecule has 0 aromatic carbocycles. The van der Waals surface area contributed by atoms with Crippen molar-refractivity contribution in [1.29, 1.82) is 0 Å². The first-order chi connectivity index (χ1) is 6.77. The van der Waals surface area contributed by atoms with Crippen molar-refractivity contribution in [1.82, 2.24) is 10.3 Å². The second-order valence-corrected chi connectivity index (χ2v) is 5.27. The van der Waals surface area contributed by atoms with Gasteiger partial charge in [-0.2, -0.15) is 0 Å². The Balaban J connectivity index is 2.14. The molecule has 0 spiro atoms. The summed E-state index contributed by atoms with van der Waals surface area (Å²) in [6, 6.07) is 3.83. The van der Waals surface area contributed by atoms with Gasteiger partial charge in [0.05, 0.1) is 16.0 Å². The van der Waals surface area contributed by atoms with Gasteiger partial charge in [-0.25, -0.2) is 4.98 Å². The fourth-order valence-electron chi connectivity index (χ4n) is 1.55. The highest BCUT2D eigenvalue weighted by Gasteiger charge is 2.22. The Labute approximate surface area is 86.4 Å². The van der Waals surface area contributed by atoms with Crippen molar-refractivity contribution in [2.45, 2.75) is 23.6 Å². The van der Waals surface area contributed by atoms with Crippen molar-refractivity contribution in [2.24, 2.45) is 0 Å². The predicted octanol–water partition coefficient (Wildman–Crippen LogP) is 0.860. The minimum atomic E-state index is -0.941. The van der Waals surface area contributed by atoms with Gasteiger partial charge in [-0.05, 0) is 31.5 Å². The SMILES string of the molecule is Cc1ccc(S(=O)[C@H]2CCNC2)nc1. The van der Waals surface area contributed by atoms with Gasteiger partial charge in [-0.1, -0.05) is 6.07 Å². The van der Waals surface area contributed by atoms with E-state index in [1.807, 2.05) is 19.1 Å². The minimum Gasteiger partial charge on any atom is -0.315 e. The van der Waals surface area contributed by atoms with Crippen LogP contribution >= 0.6 is 0 Å². The molecule has 1 aromatic heterocycles. The summed E-state index contributed by atoms with van der Waals surface area (Å²) in [6.45, 7) is 3.81. The van der Waals surface area contributed by atoms with Gasteiger partial charge >= 0.3 is 0 Å². The van der Waals surface area contributed by atoms with Crippen molar-refractivity contribution in [3.63, 3.8) is 0 Å². The summed E-state index contributed by atoms with van der Waals surface area (Å²) in [5.74, 6) is 0. The molecule has 1 aromatic rings. The molecule has 1 N–H and O–H groups in total. The highest BCUT2D eigenvalue weighted by molar-refractivity contribution is 7.85. The third-order valence-corrected chi connectivity index (χ3v) is 4.07. The molecular formula is C10H14N2OS. The number of hydrogen-bond acceptors (Lipinski definition) is 3. The first-order valence-corrected chi connectivity index (χ1v) is 6.02. The third-order valence-electron chi connectivity index (χ3n) is 2.41. The lowest BCUT2D eigenvalue weighted by Gasteiger charge is -2.07. The van der Waals surface area contributed by atoms with Crippen molar-refractivity contribution >= 4 is 10.8 Å². The molecule has 1 fully saturated rings. The molecule has 14 heavy (non-hydrogen) atoms. The standard InChI is InChI=1S/C10H14N2OS/c1-8-2-3-10(12-6-8)14(13)9-4-5-11-7-9/h2-3,6,9,11H,4-5,7H2,1H3/t9-,14?/m0/s1. The van der Waals surface area contributed by atoms with E-state index in [-0.39, 0.29) is 5.25 Å². The van der Waals surface area contributed by atoms with Crippen LogP contribution in [0.2, 0.25) is 0 Å². The zero-order chi connectivity index (χ0) is 9.97. The molecule has 0 aliphatic carbocycles. The van der Waals surface area contributed by atoms with Gasteiger partial charge in [-0.15, -0.1) is 0 Å². The number of aromatic nitrogens is 1. The number of hydrogen-bond donors (Lipinski definition) is 1. The summed E-state index contributed by atoms with van der Waals surface area (Å²) in [5, 5.41) is 4.17. The maximum Gasteiger partial charge on any atom is 0.127 e. The second kappa shape index (κ2) is 4.19. The molecule has 2 heterocycles. The predicted molar refractivity (Wildman–Crippen MR) is 56.7 cm³/mol. The van der Waals surface area contributed by atoms with Gasteiger partial charge in [-0.3, -0.25) is 4.21 Å². The average Bonchev–Trinajstić information content (AvgIpc) is 2.71. The van der Waals surface area contributed by atoms with Gasteiger partial charge in [0.2, 0.25) is 0 Å². The molecule has 0 bridgehead atoms. The van der Waals surface area contributed by atoms with Crippen LogP contribution in [0.4, 0.5) is 0 Å². The fraction of sp³-hybridized carbons (Fsp3) is 0.500. The molecule has 2 atom stereocenters. The smallest absolute Gasteiger partial charge is 0.127 e. The zero-order valence-corrected chi connectivity index (χ0v) is 9.01. The Morgan fingerprint density at radius 1 is 1.57 bits per heavy atom. The van der Waals surface area contributed by atoms with E-state index in [2.05, 4.69) is 10.3 Å². The molecule has 1 unspecified atom stereocenters. The molecule has 1 saturated heterocycles. The summed E-state index contributed by atoms with van der Waals surface area (Å²) < 4.78 is 12.0. The van der Waals surface area contributed by atoms with Crippen LogP contribution < -0.4 is 5.32 Å². The lowest BCUT2D eigenvalue weighted by Crippen LogP contribution is -2.19. The molecule has 1 aliphatic rings. The van der Waals surface area contributed by atoms with Crippen molar-refractivity contribution < 1.29 is 4.21 Å². The van der Waals surface area contributed by atoms with E-state index in [0.29, 0.717) is 5.03 Å². The Bertz CT molecular complexity index is 330. The highest BCUT2D eigenvalue weighted by atomic mass is 32.2. The first-order valence-electron chi connectivity index (χ1n) is 4.81. The normalized spacial score (nSPS) is 23.6.